The molecule has 0 heterocycles. The highest BCUT2D eigenvalue weighted by Crippen LogP contribution is 2.09. The molecular weight excluding hydrogens is 228 g/mol. The van der Waals surface area contributed by atoms with Crippen LogP contribution in [-0.2, 0) is 27.5 Å². The lowest BCUT2D eigenvalue weighted by molar-refractivity contribution is -0.148. The second-order valence-corrected chi connectivity index (χ2v) is 4.94. The van der Waals surface area contributed by atoms with Gasteiger partial charge in [0.2, 0.25) is 0 Å². The summed E-state index contributed by atoms with van der Waals surface area (Å²) in [6.45, 7) is 8.63. The van der Waals surface area contributed by atoms with E-state index < -0.39 is 0 Å². The summed E-state index contributed by atoms with van der Waals surface area (Å²) >= 11 is 0. The van der Waals surface area contributed by atoms with Crippen LogP contribution in [0.1, 0.15) is 38.8 Å². The number of ether oxygens (including phenoxy) is 2. The van der Waals surface area contributed by atoms with E-state index in [1.54, 1.807) is 0 Å². The van der Waals surface area contributed by atoms with Crippen molar-refractivity contribution in [2.75, 3.05) is 0 Å². The topological polar surface area (TPSA) is 35.5 Å². The van der Waals surface area contributed by atoms with Crippen molar-refractivity contribution in [1.29, 1.82) is 0 Å². The number of carbonyl (C=O) groups excluding carboxylic acids is 1. The van der Waals surface area contributed by atoms with Crippen molar-refractivity contribution < 1.29 is 14.3 Å². The van der Waals surface area contributed by atoms with Gasteiger partial charge in [0, 0.05) is 0 Å². The minimum Gasteiger partial charge on any atom is -0.461 e. The summed E-state index contributed by atoms with van der Waals surface area (Å²) in [5, 5.41) is 0. The molecule has 1 aromatic carbocycles. The SMILES string of the molecule is CC(C)OCc1ccc(COC(=O)C(C)C)cc1. The van der Waals surface area contributed by atoms with Crippen LogP contribution in [0.25, 0.3) is 0 Å². The molecule has 0 bridgehead atoms. The molecule has 0 fully saturated rings. The monoisotopic (exact) mass is 250 g/mol. The normalized spacial score (nSPS) is 11.0. The Labute approximate surface area is 109 Å². The van der Waals surface area contributed by atoms with Gasteiger partial charge in [-0.1, -0.05) is 38.1 Å². The summed E-state index contributed by atoms with van der Waals surface area (Å²) in [5.74, 6) is -0.245. The fourth-order valence-electron chi connectivity index (χ4n) is 1.32. The molecule has 0 aliphatic rings. The quantitative estimate of drug-likeness (QED) is 0.727. The van der Waals surface area contributed by atoms with Gasteiger partial charge in [0.15, 0.2) is 0 Å². The minimum atomic E-state index is -0.165. The maximum Gasteiger partial charge on any atom is 0.308 e. The van der Waals surface area contributed by atoms with Crippen LogP contribution in [0.2, 0.25) is 0 Å². The molecular formula is C15H22O3. The fraction of sp³-hybridized carbons (Fsp3) is 0.533. The molecule has 18 heavy (non-hydrogen) atoms. The Morgan fingerprint density at radius 2 is 1.50 bits per heavy atom. The standard InChI is InChI=1S/C15H22O3/c1-11(2)15(16)18-10-14-7-5-13(6-8-14)9-17-12(3)4/h5-8,11-12H,9-10H2,1-4H3. The second-order valence-electron chi connectivity index (χ2n) is 4.94. The van der Waals surface area contributed by atoms with Gasteiger partial charge in [-0.2, -0.15) is 0 Å². The Balaban J connectivity index is 2.43. The van der Waals surface area contributed by atoms with Crippen LogP contribution >= 0.6 is 0 Å². The van der Waals surface area contributed by atoms with Crippen LogP contribution < -0.4 is 0 Å². The van der Waals surface area contributed by atoms with Crippen molar-refractivity contribution in [3.63, 3.8) is 0 Å². The van der Waals surface area contributed by atoms with Gasteiger partial charge in [0.25, 0.3) is 0 Å². The molecule has 0 saturated carbocycles. The van der Waals surface area contributed by atoms with Crippen LogP contribution in [0, 0.1) is 5.92 Å². The zero-order chi connectivity index (χ0) is 13.5. The van der Waals surface area contributed by atoms with E-state index in [2.05, 4.69) is 0 Å². The van der Waals surface area contributed by atoms with Crippen molar-refractivity contribution in [3.8, 4) is 0 Å². The highest BCUT2D eigenvalue weighted by molar-refractivity contribution is 5.71. The molecule has 1 aromatic rings. The zero-order valence-corrected chi connectivity index (χ0v) is 11.6. The second kappa shape index (κ2) is 7.17. The van der Waals surface area contributed by atoms with E-state index in [1.807, 2.05) is 52.0 Å². The number of hydrogen-bond donors (Lipinski definition) is 0. The van der Waals surface area contributed by atoms with Crippen LogP contribution in [-0.4, -0.2) is 12.1 Å². The molecule has 0 unspecified atom stereocenters. The summed E-state index contributed by atoms with van der Waals surface area (Å²) in [4.78, 5) is 11.3. The molecule has 0 N–H and O–H groups in total. The third-order valence-corrected chi connectivity index (χ3v) is 2.46. The van der Waals surface area contributed by atoms with Crippen LogP contribution in [0.15, 0.2) is 24.3 Å². The summed E-state index contributed by atoms with van der Waals surface area (Å²) in [6.07, 6.45) is 0.233. The summed E-state index contributed by atoms with van der Waals surface area (Å²) in [7, 11) is 0. The molecule has 3 heteroatoms. The van der Waals surface area contributed by atoms with Gasteiger partial charge < -0.3 is 9.47 Å². The van der Waals surface area contributed by atoms with E-state index >= 15 is 0 Å². The van der Waals surface area contributed by atoms with Gasteiger partial charge in [0.05, 0.1) is 18.6 Å². The molecule has 0 saturated heterocycles. The number of carbonyl (C=O) groups is 1. The molecule has 100 valence electrons. The highest BCUT2D eigenvalue weighted by Gasteiger charge is 2.08. The molecule has 0 aliphatic heterocycles. The first-order valence-electron chi connectivity index (χ1n) is 6.35. The van der Waals surface area contributed by atoms with E-state index in [0.29, 0.717) is 13.2 Å². The fourth-order valence-corrected chi connectivity index (χ4v) is 1.32. The van der Waals surface area contributed by atoms with Gasteiger partial charge in [-0.15, -0.1) is 0 Å². The molecule has 0 radical (unpaired) electrons. The number of benzene rings is 1. The Kier molecular flexibility index (Phi) is 5.86. The minimum absolute atomic E-state index is 0.0799. The molecule has 3 nitrogen and oxygen atoms in total. The van der Waals surface area contributed by atoms with Crippen molar-refractivity contribution >= 4 is 5.97 Å². The third kappa shape index (κ3) is 5.32. The average Bonchev–Trinajstić information content (AvgIpc) is 2.34. The van der Waals surface area contributed by atoms with E-state index in [4.69, 9.17) is 9.47 Å². The first kappa shape index (κ1) is 14.7. The largest absolute Gasteiger partial charge is 0.461 e. The Morgan fingerprint density at radius 3 is 1.94 bits per heavy atom. The first-order valence-corrected chi connectivity index (χ1v) is 6.35. The third-order valence-electron chi connectivity index (χ3n) is 2.46. The van der Waals surface area contributed by atoms with Gasteiger partial charge in [0.1, 0.15) is 6.61 Å². The lowest BCUT2D eigenvalue weighted by atomic mass is 10.1. The van der Waals surface area contributed by atoms with Crippen LogP contribution in [0.4, 0.5) is 0 Å². The van der Waals surface area contributed by atoms with Crippen molar-refractivity contribution in [3.05, 3.63) is 35.4 Å². The molecule has 0 spiro atoms. The maximum absolute atomic E-state index is 11.3. The summed E-state index contributed by atoms with van der Waals surface area (Å²) < 4.78 is 10.7. The van der Waals surface area contributed by atoms with E-state index in [-0.39, 0.29) is 18.0 Å². The van der Waals surface area contributed by atoms with Gasteiger partial charge >= 0.3 is 5.97 Å². The van der Waals surface area contributed by atoms with Gasteiger partial charge in [-0.05, 0) is 25.0 Å². The van der Waals surface area contributed by atoms with Crippen molar-refractivity contribution in [2.45, 2.75) is 47.0 Å². The van der Waals surface area contributed by atoms with Gasteiger partial charge in [-0.3, -0.25) is 4.79 Å². The Morgan fingerprint density at radius 1 is 1.00 bits per heavy atom. The predicted molar refractivity (Wildman–Crippen MR) is 71.0 cm³/mol. The van der Waals surface area contributed by atoms with Crippen molar-refractivity contribution in [2.24, 2.45) is 5.92 Å². The maximum atomic E-state index is 11.3. The summed E-state index contributed by atoms with van der Waals surface area (Å²) in [6, 6.07) is 7.93. The Hall–Kier alpha value is -1.35. The molecule has 0 aliphatic carbocycles. The van der Waals surface area contributed by atoms with E-state index in [0.717, 1.165) is 11.1 Å². The van der Waals surface area contributed by atoms with Crippen LogP contribution in [0.5, 0.6) is 0 Å². The average molecular weight is 250 g/mol. The number of esters is 1. The molecule has 0 atom stereocenters. The zero-order valence-electron chi connectivity index (χ0n) is 11.6. The summed E-state index contributed by atoms with van der Waals surface area (Å²) in [5.41, 5.74) is 2.12. The smallest absolute Gasteiger partial charge is 0.308 e. The molecule has 1 rings (SSSR count). The number of rotatable bonds is 6. The number of hydrogen-bond acceptors (Lipinski definition) is 3. The molecule has 0 aromatic heterocycles. The van der Waals surface area contributed by atoms with Crippen LogP contribution in [0.3, 0.4) is 0 Å². The van der Waals surface area contributed by atoms with Gasteiger partial charge in [-0.25, -0.2) is 0 Å². The van der Waals surface area contributed by atoms with E-state index in [9.17, 15) is 4.79 Å². The molecule has 0 amide bonds. The van der Waals surface area contributed by atoms with E-state index in [1.165, 1.54) is 0 Å². The first-order chi connectivity index (χ1) is 8.49. The predicted octanol–water partition coefficient (Wildman–Crippen LogP) is 3.31. The van der Waals surface area contributed by atoms with Crippen molar-refractivity contribution in [1.82, 2.24) is 0 Å². The lowest BCUT2D eigenvalue weighted by Gasteiger charge is -2.09. The lowest BCUT2D eigenvalue weighted by Crippen LogP contribution is -2.11. The highest BCUT2D eigenvalue weighted by atomic mass is 16.5. The Bertz CT molecular complexity index is 366.